The molecule has 29 nitrogen and oxygen atoms in total. The van der Waals surface area contributed by atoms with Gasteiger partial charge in [-0.15, -0.1) is 0 Å². The third-order valence-electron chi connectivity index (χ3n) is 9.57. The Balaban J connectivity index is 1.70. The molecule has 0 saturated heterocycles. The van der Waals surface area contributed by atoms with Gasteiger partial charge in [0.25, 0.3) is 11.5 Å². The summed E-state index contributed by atoms with van der Waals surface area (Å²) in [7, 11) is 0. The number of carboxylic acids is 2. The van der Waals surface area contributed by atoms with Crippen molar-refractivity contribution in [1.82, 2.24) is 46.2 Å². The molecule has 3 rings (SSSR count). The maximum Gasteiger partial charge on any atom is 0.327 e. The minimum Gasteiger partial charge on any atom is -0.481 e. The van der Waals surface area contributed by atoms with Crippen molar-refractivity contribution in [3.8, 4) is 0 Å². The second kappa shape index (κ2) is 25.9. The minimum absolute atomic E-state index is 0.0113. The number of thiol groups is 1. The van der Waals surface area contributed by atoms with E-state index < -0.39 is 140 Å². The molecule has 67 heavy (non-hydrogen) atoms. The van der Waals surface area contributed by atoms with Gasteiger partial charge < -0.3 is 78.3 Å². The number of aliphatic hydroxyl groups excluding tert-OH is 7. The van der Waals surface area contributed by atoms with E-state index in [0.29, 0.717) is 11.4 Å². The number of hydrogen-bond donors (Lipinski definition) is 18. The molecule has 3 aromatic rings. The van der Waals surface area contributed by atoms with Crippen LogP contribution < -0.4 is 43.7 Å². The molecule has 0 aliphatic carbocycles. The van der Waals surface area contributed by atoms with Gasteiger partial charge in [-0.3, -0.25) is 43.6 Å². The number of carbonyl (C=O) groups excluding carboxylic acids is 5. The molecule has 0 fully saturated rings. The Hall–Kier alpha value is -6.64. The number of carboxylic acid groups (broad SMARTS) is 2. The van der Waals surface area contributed by atoms with Crippen LogP contribution in [0.25, 0.3) is 11.2 Å². The van der Waals surface area contributed by atoms with Crippen molar-refractivity contribution in [2.75, 3.05) is 36.6 Å². The number of aromatic nitrogens is 4. The van der Waals surface area contributed by atoms with Crippen LogP contribution in [-0.2, 0) is 35.3 Å². The van der Waals surface area contributed by atoms with E-state index in [9.17, 15) is 84.3 Å². The fourth-order valence-electron chi connectivity index (χ4n) is 5.95. The second-order valence-corrected chi connectivity index (χ2v) is 15.0. The number of benzene rings is 1. The van der Waals surface area contributed by atoms with E-state index in [1.54, 1.807) is 12.1 Å². The smallest absolute Gasteiger partial charge is 0.327 e. The number of aliphatic hydroxyl groups is 7. The van der Waals surface area contributed by atoms with Crippen molar-refractivity contribution >= 4 is 76.9 Å². The van der Waals surface area contributed by atoms with Gasteiger partial charge in [0.1, 0.15) is 36.4 Å². The molecular weight excluding hydrogens is 917 g/mol. The number of nitrogen functional groups attached to an aromatic ring is 1. The number of amides is 5. The highest BCUT2D eigenvalue weighted by Crippen LogP contribution is 2.15. The highest BCUT2D eigenvalue weighted by atomic mass is 32.1. The Morgan fingerprint density at radius 3 is 2.09 bits per heavy atom. The molecule has 0 aliphatic rings. The summed E-state index contributed by atoms with van der Waals surface area (Å²) in [5, 5.41) is 101. The molecule has 0 unspecified atom stereocenters. The Morgan fingerprint density at radius 2 is 1.49 bits per heavy atom. The summed E-state index contributed by atoms with van der Waals surface area (Å²) in [5.41, 5.74) is 6.17. The molecule has 368 valence electrons. The molecule has 0 bridgehead atoms. The quantitative estimate of drug-likeness (QED) is 0.0111. The molecule has 30 heteroatoms. The largest absolute Gasteiger partial charge is 0.481 e. The summed E-state index contributed by atoms with van der Waals surface area (Å²) in [6.45, 7) is -2.14. The number of nitrogens with one attached hydrogen (secondary N) is 6. The third kappa shape index (κ3) is 16.0. The van der Waals surface area contributed by atoms with Crippen molar-refractivity contribution in [1.29, 1.82) is 0 Å². The number of nitrogens with zero attached hydrogens (tertiary/aromatic N) is 4. The summed E-state index contributed by atoms with van der Waals surface area (Å²) in [6, 6.07) is -2.47. The first-order valence-electron chi connectivity index (χ1n) is 19.9. The third-order valence-corrected chi connectivity index (χ3v) is 9.93. The van der Waals surface area contributed by atoms with Crippen LogP contribution >= 0.6 is 12.6 Å². The number of hydrazine groups is 1. The molecule has 0 spiro atoms. The topological polar surface area (TPSA) is 489 Å². The summed E-state index contributed by atoms with van der Waals surface area (Å²) >= 11 is 3.80. The van der Waals surface area contributed by atoms with Gasteiger partial charge in [0.15, 0.2) is 17.2 Å². The van der Waals surface area contributed by atoms with Gasteiger partial charge >= 0.3 is 11.9 Å². The van der Waals surface area contributed by atoms with Crippen LogP contribution in [0.15, 0.2) is 35.3 Å². The molecule has 5 amide bonds. The predicted octanol–water partition coefficient (Wildman–Crippen LogP) is -7.39. The average molecular weight is 969 g/mol. The van der Waals surface area contributed by atoms with Crippen LogP contribution in [0.3, 0.4) is 0 Å². The lowest BCUT2D eigenvalue weighted by molar-refractivity contribution is -0.155. The Morgan fingerprint density at radius 1 is 0.836 bits per heavy atom. The zero-order valence-corrected chi connectivity index (χ0v) is 36.0. The zero-order valence-electron chi connectivity index (χ0n) is 35.1. The van der Waals surface area contributed by atoms with Crippen molar-refractivity contribution in [2.45, 2.75) is 86.9 Å². The minimum atomic E-state index is -2.54. The van der Waals surface area contributed by atoms with Crippen molar-refractivity contribution < 1.29 is 79.5 Å². The SMILES string of the molecule is Nc1nc2ncc(CNc3ccc(C(=O)NCCCC(=O)N(N)[C@H](C(=O)N[C@@H](CC(=O)O)C(=O)N[C@H](C(=O)N[C@@H](CS)C(=O)O)[C@@H](O)C[C@H](O)CO)[C@@H](O)[C@H](O)[C@H](O)CO)cc3)nc2c(=O)[nH]1. The standard InChI is InChI=1S/C37H52N12O17S/c38-37-47-30-26(34(63)48-37)43-17(11-42-30)10-41-16-5-3-15(4-6-16)31(60)40-7-1-2-23(55)49(39)27(29(59)28(58)22(54)13-51)35(64)44-19(9-24(56)57)32(61)46-25(21(53)8-18(52)12-50)33(62)45-20(14-67)36(65)66/h3-6,11,18-22,25,27-29,41,50-54,58-59,67H,1-2,7-10,12-14,39H2,(H,40,60)(H,44,64)(H,45,62)(H,46,61)(H,56,57)(H,65,66)(H3,38,42,47,48,63)/t18-,19-,20-,21-,22+,25-,27-,28+,29+/m0/s1. The van der Waals surface area contributed by atoms with Gasteiger partial charge in [-0.25, -0.2) is 20.6 Å². The van der Waals surface area contributed by atoms with Gasteiger partial charge in [-0.2, -0.15) is 17.6 Å². The number of carbonyl (C=O) groups is 7. The van der Waals surface area contributed by atoms with Crippen LogP contribution in [0.1, 0.15) is 41.7 Å². The van der Waals surface area contributed by atoms with Gasteiger partial charge in [0.05, 0.1) is 50.3 Å². The first-order valence-corrected chi connectivity index (χ1v) is 20.5. The number of aliphatic carboxylic acids is 2. The monoisotopic (exact) mass is 968 g/mol. The van der Waals surface area contributed by atoms with Crippen LogP contribution in [0.4, 0.5) is 11.6 Å². The van der Waals surface area contributed by atoms with Gasteiger partial charge in [0.2, 0.25) is 29.6 Å². The average Bonchev–Trinajstić information content (AvgIpc) is 3.29. The molecule has 1 aromatic carbocycles. The van der Waals surface area contributed by atoms with Gasteiger partial charge in [-0.05, 0) is 30.7 Å². The fourth-order valence-corrected chi connectivity index (χ4v) is 6.20. The summed E-state index contributed by atoms with van der Waals surface area (Å²) < 4.78 is 0. The number of aromatic amines is 1. The summed E-state index contributed by atoms with van der Waals surface area (Å²) in [5.74, 6) is -4.32. The number of rotatable bonds is 27. The van der Waals surface area contributed by atoms with Crippen molar-refractivity contribution in [3.63, 3.8) is 0 Å². The number of anilines is 2. The summed E-state index contributed by atoms with van der Waals surface area (Å²) in [6.07, 6.45) is -12.2. The van der Waals surface area contributed by atoms with E-state index in [0.717, 1.165) is 0 Å². The van der Waals surface area contributed by atoms with Crippen LogP contribution in [0.5, 0.6) is 0 Å². The maximum absolute atomic E-state index is 13.7. The highest BCUT2D eigenvalue weighted by molar-refractivity contribution is 7.80. The van der Waals surface area contributed by atoms with E-state index >= 15 is 0 Å². The molecule has 0 saturated carbocycles. The maximum atomic E-state index is 13.7. The first kappa shape index (κ1) is 54.7. The van der Waals surface area contributed by atoms with E-state index in [1.807, 2.05) is 16.0 Å². The molecule has 19 N–H and O–H groups in total. The van der Waals surface area contributed by atoms with E-state index in [-0.39, 0.29) is 47.2 Å². The Bertz CT molecular complexity index is 2280. The van der Waals surface area contributed by atoms with Crippen molar-refractivity contribution in [2.24, 2.45) is 5.84 Å². The lowest BCUT2D eigenvalue weighted by Gasteiger charge is -2.34. The molecule has 2 aromatic heterocycles. The number of fused-ring (bicyclic) bond motifs is 1. The van der Waals surface area contributed by atoms with Gasteiger partial charge in [0, 0.05) is 36.4 Å². The molecule has 2 heterocycles. The van der Waals surface area contributed by atoms with E-state index in [1.165, 1.54) is 18.3 Å². The normalized spacial score (nSPS) is 15.3. The summed E-state index contributed by atoms with van der Waals surface area (Å²) in [4.78, 5) is 116. The molecular formula is C37H52N12O17S. The lowest BCUT2D eigenvalue weighted by Crippen LogP contribution is -2.65. The van der Waals surface area contributed by atoms with E-state index in [4.69, 9.17) is 11.6 Å². The van der Waals surface area contributed by atoms with Crippen molar-refractivity contribution in [3.05, 3.63) is 52.1 Å². The fraction of sp³-hybridized carbons (Fsp3) is 0.486. The first-order chi connectivity index (χ1) is 31.6. The predicted molar refractivity (Wildman–Crippen MR) is 231 cm³/mol. The van der Waals surface area contributed by atoms with Crippen LogP contribution in [-0.4, -0.2) is 193 Å². The van der Waals surface area contributed by atoms with Crippen LogP contribution in [0.2, 0.25) is 0 Å². The number of H-pyrrole nitrogens is 1. The molecule has 0 aliphatic heterocycles. The van der Waals surface area contributed by atoms with E-state index in [2.05, 4.69) is 43.2 Å². The second-order valence-electron chi connectivity index (χ2n) is 14.6. The highest BCUT2D eigenvalue weighted by Gasteiger charge is 2.42. The number of nitrogens with two attached hydrogens (primary N) is 2. The Kier molecular flexibility index (Phi) is 21.1. The zero-order chi connectivity index (χ0) is 50.1. The lowest BCUT2D eigenvalue weighted by atomic mass is 9.98. The van der Waals surface area contributed by atoms with Gasteiger partial charge in [-0.1, -0.05) is 0 Å². The molecule has 9 atom stereocenters. The Labute approximate surface area is 383 Å². The van der Waals surface area contributed by atoms with Crippen LogP contribution in [0, 0.1) is 0 Å². The molecule has 0 radical (unpaired) electrons. The number of hydrogen-bond acceptors (Lipinski definition) is 22.